The van der Waals surface area contributed by atoms with Crippen LogP contribution in [0.3, 0.4) is 0 Å². The fourth-order valence-electron chi connectivity index (χ4n) is 6.85. The minimum Gasteiger partial charge on any atom is -0.369 e. The second kappa shape index (κ2) is 11.0. The van der Waals surface area contributed by atoms with Gasteiger partial charge in [0.05, 0.1) is 0 Å². The van der Waals surface area contributed by atoms with Gasteiger partial charge in [-0.15, -0.1) is 0 Å². The van der Waals surface area contributed by atoms with Gasteiger partial charge in [-0.1, -0.05) is 25.1 Å². The number of hydrogen-bond acceptors (Lipinski definition) is 4. The number of amides is 2. The molecule has 3 heterocycles. The first-order chi connectivity index (χ1) is 19.0. The van der Waals surface area contributed by atoms with Gasteiger partial charge >= 0.3 is 0 Å². The number of rotatable bonds is 7. The van der Waals surface area contributed by atoms with Gasteiger partial charge in [0.25, 0.3) is 5.91 Å². The van der Waals surface area contributed by atoms with Crippen molar-refractivity contribution in [3.05, 3.63) is 65.9 Å². The number of aromatic amines is 1. The Morgan fingerprint density at radius 3 is 2.38 bits per heavy atom. The largest absolute Gasteiger partial charge is 0.369 e. The van der Waals surface area contributed by atoms with Crippen molar-refractivity contribution in [2.75, 3.05) is 50.7 Å². The van der Waals surface area contributed by atoms with Crippen molar-refractivity contribution in [1.82, 2.24) is 20.1 Å². The van der Waals surface area contributed by atoms with Crippen LogP contribution in [-0.4, -0.2) is 78.5 Å². The van der Waals surface area contributed by atoms with Crippen molar-refractivity contribution in [3.8, 4) is 0 Å². The molecule has 0 radical (unpaired) electrons. The van der Waals surface area contributed by atoms with E-state index in [4.69, 9.17) is 0 Å². The lowest BCUT2D eigenvalue weighted by atomic mass is 9.59. The van der Waals surface area contributed by atoms with Crippen molar-refractivity contribution in [1.29, 1.82) is 0 Å². The van der Waals surface area contributed by atoms with Crippen molar-refractivity contribution in [3.63, 3.8) is 0 Å². The quantitative estimate of drug-likeness (QED) is 0.477. The van der Waals surface area contributed by atoms with Crippen LogP contribution in [0.25, 0.3) is 10.9 Å². The first-order valence-electron chi connectivity index (χ1n) is 14.8. The molecule has 206 valence electrons. The number of fused-ring (bicyclic) bond motifs is 1. The Morgan fingerprint density at radius 2 is 1.69 bits per heavy atom. The molecular weight excluding hydrogens is 486 g/mol. The molecule has 1 saturated carbocycles. The van der Waals surface area contributed by atoms with Crippen molar-refractivity contribution in [2.45, 2.75) is 51.5 Å². The number of H-pyrrole nitrogens is 1. The summed E-state index contributed by atoms with van der Waals surface area (Å²) in [6.07, 6.45) is 7.38. The number of piperidine rings is 1. The average Bonchev–Trinajstić information content (AvgIpc) is 3.41. The van der Waals surface area contributed by atoms with Crippen LogP contribution in [0.15, 0.2) is 54.7 Å². The lowest BCUT2D eigenvalue weighted by Gasteiger charge is -2.54. The van der Waals surface area contributed by atoms with Gasteiger partial charge in [0.1, 0.15) is 0 Å². The number of nitrogens with one attached hydrogen (secondary N) is 2. The van der Waals surface area contributed by atoms with Crippen molar-refractivity contribution < 1.29 is 9.59 Å². The smallest absolute Gasteiger partial charge is 0.253 e. The maximum Gasteiger partial charge on any atom is 0.253 e. The van der Waals surface area contributed by atoms with Gasteiger partial charge in [0.2, 0.25) is 5.91 Å². The summed E-state index contributed by atoms with van der Waals surface area (Å²) in [6, 6.07) is 16.7. The summed E-state index contributed by atoms with van der Waals surface area (Å²) in [4.78, 5) is 36.3. The number of benzene rings is 2. The highest BCUT2D eigenvalue weighted by Crippen LogP contribution is 2.49. The molecule has 2 saturated heterocycles. The topological polar surface area (TPSA) is 71.7 Å². The van der Waals surface area contributed by atoms with Crippen LogP contribution in [0.2, 0.25) is 0 Å². The van der Waals surface area contributed by atoms with E-state index in [-0.39, 0.29) is 23.3 Å². The van der Waals surface area contributed by atoms with E-state index in [0.29, 0.717) is 6.42 Å². The second-order valence-corrected chi connectivity index (χ2v) is 11.6. The zero-order valence-corrected chi connectivity index (χ0v) is 23.1. The van der Waals surface area contributed by atoms with Crippen LogP contribution in [0.1, 0.15) is 54.9 Å². The number of aryl methyl sites for hydroxylation is 1. The number of piperazine rings is 1. The van der Waals surface area contributed by atoms with Crippen molar-refractivity contribution in [2.24, 2.45) is 5.41 Å². The SMILES string of the molecule is CCN1CCN(c2ccc(C(=O)N3CCC4(CCC4NC(=O)CCc4c[nH]c5ccccc45)CC3)cc2)CC1. The molecule has 3 fully saturated rings. The van der Waals surface area contributed by atoms with Crippen LogP contribution in [0, 0.1) is 5.41 Å². The molecular formula is C32H41N5O2. The normalized spacial score (nSPS) is 21.2. The van der Waals surface area contributed by atoms with E-state index in [0.717, 1.165) is 89.0 Å². The highest BCUT2D eigenvalue weighted by atomic mass is 16.2. The Labute approximate surface area is 231 Å². The zero-order chi connectivity index (χ0) is 26.8. The first-order valence-corrected chi connectivity index (χ1v) is 14.8. The van der Waals surface area contributed by atoms with Gasteiger partial charge in [-0.3, -0.25) is 9.59 Å². The van der Waals surface area contributed by atoms with E-state index in [2.05, 4.69) is 51.3 Å². The third kappa shape index (κ3) is 5.29. The van der Waals surface area contributed by atoms with Gasteiger partial charge in [-0.2, -0.15) is 0 Å². The molecule has 2 aromatic carbocycles. The van der Waals surface area contributed by atoms with Crippen molar-refractivity contribution >= 4 is 28.4 Å². The summed E-state index contributed by atoms with van der Waals surface area (Å²) in [5.41, 5.74) is 4.45. The van der Waals surface area contributed by atoms with Gasteiger partial charge < -0.3 is 25.0 Å². The highest BCUT2D eigenvalue weighted by Gasteiger charge is 2.49. The fourth-order valence-corrected chi connectivity index (χ4v) is 6.85. The predicted molar refractivity (Wildman–Crippen MR) is 156 cm³/mol. The first kappa shape index (κ1) is 25.9. The third-order valence-corrected chi connectivity index (χ3v) is 9.65. The maximum atomic E-state index is 13.3. The highest BCUT2D eigenvalue weighted by molar-refractivity contribution is 5.94. The van der Waals surface area contributed by atoms with Crippen LogP contribution < -0.4 is 10.2 Å². The Bertz CT molecular complexity index is 1300. The molecule has 3 aliphatic rings. The summed E-state index contributed by atoms with van der Waals surface area (Å²) >= 11 is 0. The summed E-state index contributed by atoms with van der Waals surface area (Å²) in [5.74, 6) is 0.268. The molecule has 2 amide bonds. The Hall–Kier alpha value is -3.32. The number of para-hydroxylation sites is 1. The molecule has 7 nitrogen and oxygen atoms in total. The van der Waals surface area contributed by atoms with E-state index >= 15 is 0 Å². The Kier molecular flexibility index (Phi) is 7.34. The van der Waals surface area contributed by atoms with Gasteiger partial charge in [0.15, 0.2) is 0 Å². The summed E-state index contributed by atoms with van der Waals surface area (Å²) in [7, 11) is 0. The number of carbonyl (C=O) groups excluding carboxylic acids is 2. The summed E-state index contributed by atoms with van der Waals surface area (Å²) in [5, 5.41) is 4.55. The molecule has 6 rings (SSSR count). The Balaban J connectivity index is 0.981. The number of nitrogens with zero attached hydrogens (tertiary/aromatic N) is 3. The molecule has 39 heavy (non-hydrogen) atoms. The van der Waals surface area contributed by atoms with E-state index < -0.39 is 0 Å². The Morgan fingerprint density at radius 1 is 0.949 bits per heavy atom. The maximum absolute atomic E-state index is 13.3. The molecule has 2 aliphatic heterocycles. The summed E-state index contributed by atoms with van der Waals surface area (Å²) in [6.45, 7) is 9.12. The number of carbonyl (C=O) groups is 2. The van der Waals surface area contributed by atoms with E-state index in [9.17, 15) is 9.59 Å². The second-order valence-electron chi connectivity index (χ2n) is 11.6. The number of hydrogen-bond donors (Lipinski definition) is 2. The van der Waals surface area contributed by atoms with E-state index in [1.807, 2.05) is 35.4 Å². The molecule has 3 aromatic rings. The minimum atomic E-state index is 0.130. The minimum absolute atomic E-state index is 0.130. The number of anilines is 1. The number of likely N-dealkylation sites (N-methyl/N-ethyl adjacent to an activating group) is 1. The molecule has 1 spiro atoms. The molecule has 7 heteroatoms. The van der Waals surface area contributed by atoms with Gasteiger partial charge in [0, 0.05) is 80.1 Å². The predicted octanol–water partition coefficient (Wildman–Crippen LogP) is 4.44. The van der Waals surface area contributed by atoms with Crippen LogP contribution in [-0.2, 0) is 11.2 Å². The van der Waals surface area contributed by atoms with Gasteiger partial charge in [-0.05, 0) is 80.0 Å². The van der Waals surface area contributed by atoms with Crippen LogP contribution in [0.4, 0.5) is 5.69 Å². The van der Waals surface area contributed by atoms with E-state index in [1.165, 1.54) is 16.6 Å². The van der Waals surface area contributed by atoms with Gasteiger partial charge in [-0.25, -0.2) is 0 Å². The lowest BCUT2D eigenvalue weighted by Crippen LogP contribution is -2.59. The molecule has 1 unspecified atom stereocenters. The summed E-state index contributed by atoms with van der Waals surface area (Å²) < 4.78 is 0. The van der Waals surface area contributed by atoms with E-state index in [1.54, 1.807) is 0 Å². The van der Waals surface area contributed by atoms with Crippen LogP contribution in [0.5, 0.6) is 0 Å². The standard InChI is InChI=1S/C32H41N5O2/c1-2-35-19-21-36(22-20-35)26-10-7-24(8-11-26)31(39)37-17-15-32(16-18-37)14-13-29(32)34-30(38)12-9-25-23-33-28-6-4-3-5-27(25)28/h3-8,10-11,23,29,33H,2,9,12-22H2,1H3,(H,34,38). The average molecular weight is 528 g/mol. The number of likely N-dealkylation sites (tertiary alicyclic amines) is 1. The molecule has 1 aliphatic carbocycles. The zero-order valence-electron chi connectivity index (χ0n) is 23.1. The monoisotopic (exact) mass is 527 g/mol. The lowest BCUT2D eigenvalue weighted by molar-refractivity contribution is -0.125. The molecule has 0 bridgehead atoms. The fraction of sp³-hybridized carbons (Fsp3) is 0.500. The van der Waals surface area contributed by atoms with Crippen LogP contribution >= 0.6 is 0 Å². The molecule has 1 atom stereocenters. The molecule has 2 N–H and O–H groups in total. The number of aromatic nitrogens is 1. The third-order valence-electron chi connectivity index (χ3n) is 9.65. The molecule has 1 aromatic heterocycles.